The molecule has 32 heavy (non-hydrogen) atoms. The molecule has 1 aliphatic rings. The van der Waals surface area contributed by atoms with Crippen molar-refractivity contribution in [2.24, 2.45) is 0 Å². The first-order valence-corrected chi connectivity index (χ1v) is 11.5. The normalized spacial score (nSPS) is 13.8. The van der Waals surface area contributed by atoms with Crippen LogP contribution in [0, 0.1) is 0 Å². The third kappa shape index (κ3) is 3.74. The van der Waals surface area contributed by atoms with Crippen molar-refractivity contribution in [1.29, 1.82) is 0 Å². The van der Waals surface area contributed by atoms with Crippen molar-refractivity contribution >= 4 is 44.6 Å². The average molecular weight is 464 g/mol. The molecule has 1 amide bonds. The highest BCUT2D eigenvalue weighted by atomic mass is 35.5. The van der Waals surface area contributed by atoms with Crippen LogP contribution in [0.5, 0.6) is 0 Å². The summed E-state index contributed by atoms with van der Waals surface area (Å²) in [5.41, 5.74) is 3.40. The predicted molar refractivity (Wildman–Crippen MR) is 122 cm³/mol. The van der Waals surface area contributed by atoms with Gasteiger partial charge in [-0.15, -0.1) is 16.4 Å². The molecule has 0 radical (unpaired) electrons. The Morgan fingerprint density at radius 2 is 2.12 bits per heavy atom. The Morgan fingerprint density at radius 3 is 2.97 bits per heavy atom. The number of nitrogens with one attached hydrogen (secondary N) is 1. The van der Waals surface area contributed by atoms with E-state index < -0.39 is 0 Å². The summed E-state index contributed by atoms with van der Waals surface area (Å²) in [6, 6.07) is 8.07. The van der Waals surface area contributed by atoms with Gasteiger partial charge in [-0.3, -0.25) is 4.79 Å². The maximum atomic E-state index is 12.5. The third-order valence-corrected chi connectivity index (χ3v) is 6.94. The zero-order chi connectivity index (χ0) is 21.7. The quantitative estimate of drug-likeness (QED) is 0.384. The van der Waals surface area contributed by atoms with Crippen LogP contribution in [-0.2, 0) is 13.1 Å². The Hall–Kier alpha value is -3.30. The van der Waals surface area contributed by atoms with E-state index in [0.29, 0.717) is 24.2 Å². The number of rotatable bonds is 6. The Morgan fingerprint density at radius 1 is 1.22 bits per heavy atom. The predicted octanol–water partition coefficient (Wildman–Crippen LogP) is 4.04. The van der Waals surface area contributed by atoms with E-state index in [9.17, 15) is 4.79 Å². The molecule has 5 heterocycles. The first kappa shape index (κ1) is 19.4. The van der Waals surface area contributed by atoms with E-state index in [2.05, 4.69) is 48.3 Å². The van der Waals surface area contributed by atoms with Crippen LogP contribution >= 0.6 is 22.9 Å². The molecule has 5 aromatic rings. The van der Waals surface area contributed by atoms with E-state index in [-0.39, 0.29) is 11.6 Å². The van der Waals surface area contributed by atoms with Gasteiger partial charge in [-0.05, 0) is 42.5 Å². The Balaban J connectivity index is 1.12. The molecule has 10 heteroatoms. The van der Waals surface area contributed by atoms with Crippen molar-refractivity contribution in [3.63, 3.8) is 0 Å². The van der Waals surface area contributed by atoms with Crippen molar-refractivity contribution in [1.82, 2.24) is 34.7 Å². The lowest BCUT2D eigenvalue weighted by atomic mass is 10.2. The smallest absolute Gasteiger partial charge is 0.273 e. The van der Waals surface area contributed by atoms with E-state index >= 15 is 0 Å². The summed E-state index contributed by atoms with van der Waals surface area (Å²) in [7, 11) is 0. The van der Waals surface area contributed by atoms with Crippen LogP contribution in [0.2, 0.25) is 5.15 Å². The molecule has 8 nitrogen and oxygen atoms in total. The Labute approximate surface area is 191 Å². The van der Waals surface area contributed by atoms with E-state index in [1.165, 1.54) is 18.4 Å². The standard InChI is InChI=1S/C22H18ClN7OS/c23-21-17-7-16(32-19(17)5-6-24-21)8-25-22(31)18-12-30(28-27-18)11-15-10-29-9-14(13-1-2-13)3-4-20(29)26-15/h3-7,9-10,12-13H,1-2,8,11H2,(H,25,31). The second-order valence-corrected chi connectivity index (χ2v) is 9.47. The molecule has 0 atom stereocenters. The van der Waals surface area contributed by atoms with Gasteiger partial charge in [0.25, 0.3) is 5.91 Å². The summed E-state index contributed by atoms with van der Waals surface area (Å²) >= 11 is 7.70. The number of aromatic nitrogens is 6. The van der Waals surface area contributed by atoms with E-state index in [0.717, 1.165) is 26.3 Å². The van der Waals surface area contributed by atoms with Gasteiger partial charge in [0.15, 0.2) is 5.69 Å². The number of pyridine rings is 2. The molecule has 0 bridgehead atoms. The van der Waals surface area contributed by atoms with Crippen LogP contribution in [0.25, 0.3) is 15.7 Å². The number of thiophene rings is 1. The third-order valence-electron chi connectivity index (χ3n) is 5.54. The molecule has 0 aliphatic heterocycles. The van der Waals surface area contributed by atoms with E-state index in [1.54, 1.807) is 28.4 Å². The molecule has 1 fully saturated rings. The first-order chi connectivity index (χ1) is 15.6. The fourth-order valence-electron chi connectivity index (χ4n) is 3.77. The summed E-state index contributed by atoms with van der Waals surface area (Å²) in [5.74, 6) is 0.421. The minimum absolute atomic E-state index is 0.269. The Kier molecular flexibility index (Phi) is 4.65. The summed E-state index contributed by atoms with van der Waals surface area (Å²) < 4.78 is 4.72. The van der Waals surface area contributed by atoms with Crippen molar-refractivity contribution in [2.75, 3.05) is 0 Å². The summed E-state index contributed by atoms with van der Waals surface area (Å²) in [4.78, 5) is 22.3. The molecule has 1 aliphatic carbocycles. The highest BCUT2D eigenvalue weighted by Gasteiger charge is 2.23. The molecule has 6 rings (SSSR count). The number of amides is 1. The van der Waals surface area contributed by atoms with Gasteiger partial charge < -0.3 is 9.72 Å². The SMILES string of the molecule is O=C(NCc1cc2c(Cl)nccc2s1)c1cn(Cc2cn3cc(C4CC4)ccc3n2)nn1. The van der Waals surface area contributed by atoms with Crippen molar-refractivity contribution in [3.8, 4) is 0 Å². The number of halogens is 1. The van der Waals surface area contributed by atoms with Gasteiger partial charge >= 0.3 is 0 Å². The first-order valence-electron chi connectivity index (χ1n) is 10.3. The van der Waals surface area contributed by atoms with Crippen LogP contribution in [0.15, 0.2) is 49.1 Å². The number of nitrogens with zero attached hydrogens (tertiary/aromatic N) is 6. The topological polar surface area (TPSA) is 90.0 Å². The highest BCUT2D eigenvalue weighted by molar-refractivity contribution is 7.19. The summed E-state index contributed by atoms with van der Waals surface area (Å²) in [5, 5.41) is 12.4. The monoisotopic (exact) mass is 463 g/mol. The maximum absolute atomic E-state index is 12.5. The fraction of sp³-hybridized carbons (Fsp3) is 0.227. The molecular weight excluding hydrogens is 446 g/mol. The summed E-state index contributed by atoms with van der Waals surface area (Å²) in [6.45, 7) is 0.833. The summed E-state index contributed by atoms with van der Waals surface area (Å²) in [6.07, 6.45) is 10.0. The lowest BCUT2D eigenvalue weighted by Crippen LogP contribution is -2.22. The van der Waals surface area contributed by atoms with Crippen LogP contribution in [-0.4, -0.2) is 35.3 Å². The largest absolute Gasteiger partial charge is 0.346 e. The van der Waals surface area contributed by atoms with Gasteiger partial charge in [-0.25, -0.2) is 14.6 Å². The van der Waals surface area contributed by atoms with Crippen LogP contribution < -0.4 is 5.32 Å². The Bertz CT molecular complexity index is 1470. The van der Waals surface area contributed by atoms with Gasteiger partial charge in [0, 0.05) is 33.6 Å². The molecule has 160 valence electrons. The van der Waals surface area contributed by atoms with Crippen LogP contribution in [0.4, 0.5) is 0 Å². The van der Waals surface area contributed by atoms with Crippen LogP contribution in [0.3, 0.4) is 0 Å². The van der Waals surface area contributed by atoms with Crippen molar-refractivity contribution < 1.29 is 4.79 Å². The average Bonchev–Trinajstić information content (AvgIpc) is 3.19. The lowest BCUT2D eigenvalue weighted by molar-refractivity contribution is 0.0946. The fourth-order valence-corrected chi connectivity index (χ4v) is 5.04. The number of carbonyl (C=O) groups is 1. The number of imidazole rings is 1. The van der Waals surface area contributed by atoms with Gasteiger partial charge in [0.05, 0.1) is 25.0 Å². The minimum Gasteiger partial charge on any atom is -0.346 e. The van der Waals surface area contributed by atoms with Crippen molar-refractivity contribution in [2.45, 2.75) is 31.8 Å². The molecule has 0 spiro atoms. The number of hydrogen-bond donors (Lipinski definition) is 1. The minimum atomic E-state index is -0.276. The zero-order valence-corrected chi connectivity index (χ0v) is 18.5. The van der Waals surface area contributed by atoms with Crippen LogP contribution in [0.1, 0.15) is 45.4 Å². The number of hydrogen-bond acceptors (Lipinski definition) is 6. The molecule has 0 saturated heterocycles. The molecule has 5 aromatic heterocycles. The number of carbonyl (C=O) groups excluding carboxylic acids is 1. The molecule has 0 unspecified atom stereocenters. The second kappa shape index (κ2) is 7.68. The zero-order valence-electron chi connectivity index (χ0n) is 16.9. The van der Waals surface area contributed by atoms with Crippen molar-refractivity contribution in [3.05, 3.63) is 76.0 Å². The highest BCUT2D eigenvalue weighted by Crippen LogP contribution is 2.39. The van der Waals surface area contributed by atoms with Gasteiger partial charge in [0.1, 0.15) is 10.8 Å². The lowest BCUT2D eigenvalue weighted by Gasteiger charge is -1.99. The van der Waals surface area contributed by atoms with Gasteiger partial charge in [0.2, 0.25) is 0 Å². The molecule has 1 N–H and O–H groups in total. The van der Waals surface area contributed by atoms with E-state index in [4.69, 9.17) is 11.6 Å². The van der Waals surface area contributed by atoms with Gasteiger partial charge in [-0.2, -0.15) is 0 Å². The molecule has 1 saturated carbocycles. The van der Waals surface area contributed by atoms with Gasteiger partial charge in [-0.1, -0.05) is 22.9 Å². The maximum Gasteiger partial charge on any atom is 0.273 e. The molecular formula is C22H18ClN7OS. The second-order valence-electron chi connectivity index (χ2n) is 7.94. The number of fused-ring (bicyclic) bond motifs is 2. The molecule has 0 aromatic carbocycles. The van der Waals surface area contributed by atoms with E-state index in [1.807, 2.05) is 18.3 Å².